The highest BCUT2D eigenvalue weighted by molar-refractivity contribution is 5.31. The predicted octanol–water partition coefficient (Wildman–Crippen LogP) is 1.80. The largest absolute Gasteiger partial charge is 0.508 e. The summed E-state index contributed by atoms with van der Waals surface area (Å²) in [6, 6.07) is 6.82. The minimum Gasteiger partial charge on any atom is -0.508 e. The zero-order chi connectivity index (χ0) is 12.3. The molecule has 0 aliphatic carbocycles. The summed E-state index contributed by atoms with van der Waals surface area (Å²) in [5.41, 5.74) is -0.176. The second kappa shape index (κ2) is 4.85. The van der Waals surface area contributed by atoms with Crippen LogP contribution in [-0.2, 0) is 5.60 Å². The highest BCUT2D eigenvalue weighted by Crippen LogP contribution is 2.31. The molecule has 0 amide bonds. The Labute approximate surface area is 97.3 Å². The lowest BCUT2D eigenvalue weighted by Gasteiger charge is -2.32. The first kappa shape index (κ1) is 13.0. The summed E-state index contributed by atoms with van der Waals surface area (Å²) in [6.07, 6.45) is 0. The van der Waals surface area contributed by atoms with E-state index in [1.807, 2.05) is 32.0 Å². The lowest BCUT2D eigenvalue weighted by molar-refractivity contribution is -0.00793. The number of hydrogen-bond acceptors (Lipinski definition) is 3. The second-order valence-corrected chi connectivity index (χ2v) is 4.86. The number of phenols is 1. The molecule has 0 unspecified atom stereocenters. The van der Waals surface area contributed by atoms with E-state index in [4.69, 9.17) is 0 Å². The summed E-state index contributed by atoms with van der Waals surface area (Å²) in [5, 5.41) is 19.9. The van der Waals surface area contributed by atoms with Crippen LogP contribution in [0.2, 0.25) is 0 Å². The maximum Gasteiger partial charge on any atom is 0.115 e. The summed E-state index contributed by atoms with van der Waals surface area (Å²) in [7, 11) is 3.96. The lowest BCUT2D eigenvalue weighted by atomic mass is 9.83. The molecule has 0 spiro atoms. The van der Waals surface area contributed by atoms with Gasteiger partial charge < -0.3 is 15.1 Å². The summed E-state index contributed by atoms with van der Waals surface area (Å²) in [5.74, 6) is 0.277. The van der Waals surface area contributed by atoms with Gasteiger partial charge in [0.05, 0.1) is 5.60 Å². The number of benzene rings is 1. The molecule has 0 fully saturated rings. The number of aliphatic hydroxyl groups is 1. The Morgan fingerprint density at radius 2 is 2.00 bits per heavy atom. The number of rotatable bonds is 4. The Morgan fingerprint density at radius 1 is 1.38 bits per heavy atom. The SMILES string of the molecule is C[C@@H](CN(C)C)[C@@](C)(O)c1cccc(O)c1. The molecule has 0 aromatic heterocycles. The number of hydrogen-bond donors (Lipinski definition) is 2. The van der Waals surface area contributed by atoms with Crippen LogP contribution in [0.1, 0.15) is 19.4 Å². The molecule has 1 rings (SSSR count). The van der Waals surface area contributed by atoms with Gasteiger partial charge in [-0.25, -0.2) is 0 Å². The predicted molar refractivity (Wildman–Crippen MR) is 65.4 cm³/mol. The van der Waals surface area contributed by atoms with Gasteiger partial charge in [0.15, 0.2) is 0 Å². The molecule has 1 aromatic carbocycles. The smallest absolute Gasteiger partial charge is 0.115 e. The quantitative estimate of drug-likeness (QED) is 0.818. The van der Waals surface area contributed by atoms with Crippen LogP contribution >= 0.6 is 0 Å². The fourth-order valence-corrected chi connectivity index (χ4v) is 1.83. The first-order valence-corrected chi connectivity index (χ1v) is 5.50. The average Bonchev–Trinajstić information content (AvgIpc) is 2.16. The number of nitrogens with zero attached hydrogens (tertiary/aromatic N) is 1. The van der Waals surface area contributed by atoms with Crippen molar-refractivity contribution in [1.29, 1.82) is 0 Å². The fourth-order valence-electron chi connectivity index (χ4n) is 1.83. The number of phenolic OH excluding ortho intramolecular Hbond substituents is 1. The van der Waals surface area contributed by atoms with Crippen molar-refractivity contribution in [3.05, 3.63) is 29.8 Å². The molecule has 16 heavy (non-hydrogen) atoms. The molecule has 2 N–H and O–H groups in total. The molecule has 3 heteroatoms. The van der Waals surface area contributed by atoms with Gasteiger partial charge in [-0.1, -0.05) is 19.1 Å². The Kier molecular flexibility index (Phi) is 3.94. The van der Waals surface area contributed by atoms with Crippen molar-refractivity contribution < 1.29 is 10.2 Å². The van der Waals surface area contributed by atoms with Gasteiger partial charge in [0, 0.05) is 12.5 Å². The van der Waals surface area contributed by atoms with Crippen molar-refractivity contribution in [2.45, 2.75) is 19.4 Å². The van der Waals surface area contributed by atoms with Crippen molar-refractivity contribution in [1.82, 2.24) is 4.90 Å². The first-order valence-electron chi connectivity index (χ1n) is 5.50. The maximum absolute atomic E-state index is 10.5. The molecule has 2 atom stereocenters. The van der Waals surface area contributed by atoms with Crippen molar-refractivity contribution in [3.63, 3.8) is 0 Å². The standard InChI is InChI=1S/C13H21NO2/c1-10(9-14(3)4)13(2,16)11-6-5-7-12(15)8-11/h5-8,10,15-16H,9H2,1-4H3/t10-,13+/m0/s1. The van der Waals surface area contributed by atoms with Crippen LogP contribution in [0.4, 0.5) is 0 Å². The van der Waals surface area contributed by atoms with Crippen LogP contribution in [0.15, 0.2) is 24.3 Å². The third-order valence-electron chi connectivity index (χ3n) is 3.03. The minimum atomic E-state index is -0.928. The fraction of sp³-hybridized carbons (Fsp3) is 0.538. The van der Waals surface area contributed by atoms with E-state index < -0.39 is 5.60 Å². The van der Waals surface area contributed by atoms with Crippen molar-refractivity contribution in [3.8, 4) is 5.75 Å². The Balaban J connectivity index is 2.92. The topological polar surface area (TPSA) is 43.7 Å². The third-order valence-corrected chi connectivity index (χ3v) is 3.03. The highest BCUT2D eigenvalue weighted by Gasteiger charge is 2.30. The summed E-state index contributed by atoms with van der Waals surface area (Å²) in [4.78, 5) is 2.04. The summed E-state index contributed by atoms with van der Waals surface area (Å²) >= 11 is 0. The molecule has 0 saturated heterocycles. The van der Waals surface area contributed by atoms with Gasteiger partial charge in [0.2, 0.25) is 0 Å². The average molecular weight is 223 g/mol. The summed E-state index contributed by atoms with van der Waals surface area (Å²) in [6.45, 7) is 4.59. The van der Waals surface area contributed by atoms with Crippen molar-refractivity contribution in [2.75, 3.05) is 20.6 Å². The first-order chi connectivity index (χ1) is 7.34. The van der Waals surface area contributed by atoms with Crippen molar-refractivity contribution >= 4 is 0 Å². The molecule has 3 nitrogen and oxygen atoms in total. The normalized spacial score (nSPS) is 17.1. The Bertz CT molecular complexity index is 348. The van der Waals surface area contributed by atoms with Crippen LogP contribution in [0, 0.1) is 5.92 Å². The molecular weight excluding hydrogens is 202 g/mol. The minimum absolute atomic E-state index is 0.0873. The molecule has 0 heterocycles. The van der Waals surface area contributed by atoms with Gasteiger partial charge in [0.1, 0.15) is 5.75 Å². The van der Waals surface area contributed by atoms with E-state index in [0.29, 0.717) is 0 Å². The maximum atomic E-state index is 10.5. The van der Waals surface area contributed by atoms with Crippen molar-refractivity contribution in [2.24, 2.45) is 5.92 Å². The van der Waals surface area contributed by atoms with E-state index in [1.165, 1.54) is 0 Å². The third kappa shape index (κ3) is 2.97. The Hall–Kier alpha value is -1.06. The van der Waals surface area contributed by atoms with Crippen LogP contribution in [-0.4, -0.2) is 35.8 Å². The van der Waals surface area contributed by atoms with E-state index in [0.717, 1.165) is 12.1 Å². The Morgan fingerprint density at radius 3 is 2.50 bits per heavy atom. The van der Waals surface area contributed by atoms with E-state index in [-0.39, 0.29) is 11.7 Å². The van der Waals surface area contributed by atoms with E-state index >= 15 is 0 Å². The van der Waals surface area contributed by atoms with Crippen LogP contribution < -0.4 is 0 Å². The van der Waals surface area contributed by atoms with Gasteiger partial charge >= 0.3 is 0 Å². The lowest BCUT2D eigenvalue weighted by Crippen LogP contribution is -2.36. The van der Waals surface area contributed by atoms with E-state index in [9.17, 15) is 10.2 Å². The van der Waals surface area contributed by atoms with Crippen LogP contribution in [0.25, 0.3) is 0 Å². The van der Waals surface area contributed by atoms with E-state index in [1.54, 1.807) is 25.1 Å². The molecule has 0 aliphatic heterocycles. The molecule has 0 radical (unpaired) electrons. The molecule has 0 bridgehead atoms. The second-order valence-electron chi connectivity index (χ2n) is 4.86. The van der Waals surface area contributed by atoms with Gasteiger partial charge in [-0.15, -0.1) is 0 Å². The summed E-state index contributed by atoms with van der Waals surface area (Å²) < 4.78 is 0. The van der Waals surface area contributed by atoms with Crippen LogP contribution in [0.5, 0.6) is 5.75 Å². The monoisotopic (exact) mass is 223 g/mol. The molecule has 90 valence electrons. The van der Waals surface area contributed by atoms with E-state index in [2.05, 4.69) is 0 Å². The van der Waals surface area contributed by atoms with Gasteiger partial charge in [-0.3, -0.25) is 0 Å². The van der Waals surface area contributed by atoms with Gasteiger partial charge in [0.25, 0.3) is 0 Å². The van der Waals surface area contributed by atoms with Gasteiger partial charge in [-0.05, 0) is 38.7 Å². The number of aromatic hydroxyl groups is 1. The zero-order valence-electron chi connectivity index (χ0n) is 10.4. The zero-order valence-corrected chi connectivity index (χ0v) is 10.4. The molecule has 0 aliphatic rings. The highest BCUT2D eigenvalue weighted by atomic mass is 16.3. The molecule has 0 saturated carbocycles. The van der Waals surface area contributed by atoms with Crippen LogP contribution in [0.3, 0.4) is 0 Å². The molecule has 1 aromatic rings. The van der Waals surface area contributed by atoms with Gasteiger partial charge in [-0.2, -0.15) is 0 Å². The molecular formula is C13H21NO2.